The molecule has 33 heavy (non-hydrogen) atoms. The SMILES string of the molecule is CCCCCCCCCCCCCCCCCC(=O)O[Si](C)(C)CCCCCCCCCC. The van der Waals surface area contributed by atoms with Crippen molar-refractivity contribution in [3.8, 4) is 0 Å². The number of carbonyl (C=O) groups excluding carboxylic acids is 1. The molecule has 0 N–H and O–H groups in total. The van der Waals surface area contributed by atoms with Crippen molar-refractivity contribution >= 4 is 14.3 Å². The van der Waals surface area contributed by atoms with Crippen LogP contribution in [0.3, 0.4) is 0 Å². The van der Waals surface area contributed by atoms with E-state index in [1.165, 1.54) is 141 Å². The molecule has 0 saturated heterocycles. The van der Waals surface area contributed by atoms with Crippen LogP contribution in [-0.4, -0.2) is 14.3 Å². The van der Waals surface area contributed by atoms with Crippen LogP contribution in [0.25, 0.3) is 0 Å². The Morgan fingerprint density at radius 1 is 0.485 bits per heavy atom. The molecule has 0 atom stereocenters. The van der Waals surface area contributed by atoms with Crippen molar-refractivity contribution in [2.45, 2.75) is 187 Å². The Hall–Kier alpha value is -0.313. The first-order valence-electron chi connectivity index (χ1n) is 15.2. The molecule has 0 aromatic heterocycles. The van der Waals surface area contributed by atoms with Gasteiger partial charge in [-0.25, -0.2) is 0 Å². The molecule has 0 unspecified atom stereocenters. The molecule has 0 bridgehead atoms. The van der Waals surface area contributed by atoms with E-state index in [0.29, 0.717) is 6.42 Å². The summed E-state index contributed by atoms with van der Waals surface area (Å²) in [5, 5.41) is 0. The van der Waals surface area contributed by atoms with Crippen LogP contribution in [0, 0.1) is 0 Å². The minimum atomic E-state index is -1.81. The van der Waals surface area contributed by atoms with Crippen molar-refractivity contribution in [1.82, 2.24) is 0 Å². The van der Waals surface area contributed by atoms with Crippen molar-refractivity contribution in [2.24, 2.45) is 0 Å². The Balaban J connectivity index is 3.41. The van der Waals surface area contributed by atoms with E-state index >= 15 is 0 Å². The minimum absolute atomic E-state index is 0.0703. The number of unbranched alkanes of at least 4 members (excludes halogenated alkanes) is 21. The van der Waals surface area contributed by atoms with E-state index in [-0.39, 0.29) is 5.97 Å². The third-order valence-corrected chi connectivity index (χ3v) is 9.34. The minimum Gasteiger partial charge on any atom is -0.520 e. The van der Waals surface area contributed by atoms with Gasteiger partial charge >= 0.3 is 0 Å². The summed E-state index contributed by atoms with van der Waals surface area (Å²) in [6.07, 6.45) is 31.8. The first-order valence-corrected chi connectivity index (χ1v) is 18.3. The van der Waals surface area contributed by atoms with Crippen LogP contribution in [-0.2, 0) is 9.22 Å². The number of hydrogen-bond donors (Lipinski definition) is 0. The summed E-state index contributed by atoms with van der Waals surface area (Å²) in [5.41, 5.74) is 0. The Morgan fingerprint density at radius 3 is 1.15 bits per heavy atom. The largest absolute Gasteiger partial charge is 0.520 e. The highest BCUT2D eigenvalue weighted by Crippen LogP contribution is 2.19. The summed E-state index contributed by atoms with van der Waals surface area (Å²) in [6, 6.07) is 1.13. The van der Waals surface area contributed by atoms with Gasteiger partial charge in [0.2, 0.25) is 8.32 Å². The maximum atomic E-state index is 12.2. The fourth-order valence-electron chi connectivity index (χ4n) is 4.74. The third kappa shape index (κ3) is 26.1. The van der Waals surface area contributed by atoms with Gasteiger partial charge in [0.1, 0.15) is 0 Å². The molecule has 198 valence electrons. The second-order valence-corrected chi connectivity index (χ2v) is 15.4. The van der Waals surface area contributed by atoms with E-state index in [2.05, 4.69) is 26.9 Å². The van der Waals surface area contributed by atoms with Crippen molar-refractivity contribution < 1.29 is 9.22 Å². The van der Waals surface area contributed by atoms with Gasteiger partial charge in [-0.3, -0.25) is 4.79 Å². The topological polar surface area (TPSA) is 26.3 Å². The zero-order valence-electron chi connectivity index (χ0n) is 23.5. The lowest BCUT2D eigenvalue weighted by Gasteiger charge is -2.22. The van der Waals surface area contributed by atoms with Crippen molar-refractivity contribution in [3.63, 3.8) is 0 Å². The second-order valence-electron chi connectivity index (χ2n) is 11.2. The van der Waals surface area contributed by atoms with Gasteiger partial charge < -0.3 is 4.43 Å². The van der Waals surface area contributed by atoms with Crippen molar-refractivity contribution in [2.75, 3.05) is 0 Å². The standard InChI is InChI=1S/C30H62O2Si/c1-5-7-9-11-13-15-16-17-18-19-20-21-22-24-26-28-30(31)32-33(3,4)29-27-25-23-14-12-10-8-6-2/h5-29H2,1-4H3. The Kier molecular flexibility index (Phi) is 24.6. The molecule has 0 heterocycles. The predicted octanol–water partition coefficient (Wildman–Crippen LogP) is 11.1. The van der Waals surface area contributed by atoms with Crippen LogP contribution in [0.1, 0.15) is 168 Å². The third-order valence-electron chi connectivity index (χ3n) is 7.01. The Morgan fingerprint density at radius 2 is 0.788 bits per heavy atom. The lowest BCUT2D eigenvalue weighted by atomic mass is 10.0. The summed E-state index contributed by atoms with van der Waals surface area (Å²) in [4.78, 5) is 12.2. The zero-order chi connectivity index (χ0) is 24.5. The highest BCUT2D eigenvalue weighted by molar-refractivity contribution is 6.72. The molecule has 0 aliphatic carbocycles. The van der Waals surface area contributed by atoms with E-state index in [9.17, 15) is 4.79 Å². The van der Waals surface area contributed by atoms with Gasteiger partial charge in [-0.15, -0.1) is 0 Å². The average Bonchev–Trinajstić information content (AvgIpc) is 2.78. The molecule has 2 nitrogen and oxygen atoms in total. The van der Waals surface area contributed by atoms with E-state index < -0.39 is 8.32 Å². The summed E-state index contributed by atoms with van der Waals surface area (Å²) >= 11 is 0. The zero-order valence-corrected chi connectivity index (χ0v) is 24.5. The lowest BCUT2D eigenvalue weighted by Crippen LogP contribution is -2.33. The maximum absolute atomic E-state index is 12.2. The summed E-state index contributed by atoms with van der Waals surface area (Å²) in [5.74, 6) is 0.0703. The van der Waals surface area contributed by atoms with Crippen molar-refractivity contribution in [3.05, 3.63) is 0 Å². The van der Waals surface area contributed by atoms with Gasteiger partial charge in [-0.1, -0.05) is 155 Å². The smallest absolute Gasteiger partial charge is 0.292 e. The lowest BCUT2D eigenvalue weighted by molar-refractivity contribution is -0.135. The van der Waals surface area contributed by atoms with Gasteiger partial charge in [-0.05, 0) is 25.6 Å². The highest BCUT2D eigenvalue weighted by Gasteiger charge is 2.25. The van der Waals surface area contributed by atoms with Gasteiger partial charge in [0.05, 0.1) is 0 Å². The molecule has 0 fully saturated rings. The Bertz CT molecular complexity index is 408. The molecule has 3 heteroatoms. The number of rotatable bonds is 26. The van der Waals surface area contributed by atoms with Crippen LogP contribution < -0.4 is 0 Å². The summed E-state index contributed by atoms with van der Waals surface area (Å²) in [6.45, 7) is 9.00. The second kappa shape index (κ2) is 24.8. The molecule has 0 rings (SSSR count). The van der Waals surface area contributed by atoms with E-state index in [0.717, 1.165) is 12.5 Å². The molecule has 0 radical (unpaired) electrons. The monoisotopic (exact) mass is 482 g/mol. The maximum Gasteiger partial charge on any atom is 0.292 e. The molecule has 0 spiro atoms. The van der Waals surface area contributed by atoms with Crippen LogP contribution in [0.5, 0.6) is 0 Å². The average molecular weight is 483 g/mol. The van der Waals surface area contributed by atoms with Crippen LogP contribution in [0.15, 0.2) is 0 Å². The summed E-state index contributed by atoms with van der Waals surface area (Å²) in [7, 11) is -1.81. The normalized spacial score (nSPS) is 11.8. The molecule has 0 aliphatic heterocycles. The first-order chi connectivity index (χ1) is 16.0. The van der Waals surface area contributed by atoms with Gasteiger partial charge in [0, 0.05) is 6.42 Å². The molecule has 0 saturated carbocycles. The van der Waals surface area contributed by atoms with E-state index in [4.69, 9.17) is 4.43 Å². The van der Waals surface area contributed by atoms with Crippen LogP contribution in [0.2, 0.25) is 19.1 Å². The van der Waals surface area contributed by atoms with Gasteiger partial charge in [0.15, 0.2) is 0 Å². The summed E-state index contributed by atoms with van der Waals surface area (Å²) < 4.78 is 5.92. The molecule has 0 amide bonds. The number of hydrogen-bond acceptors (Lipinski definition) is 2. The van der Waals surface area contributed by atoms with Crippen molar-refractivity contribution in [1.29, 1.82) is 0 Å². The predicted molar refractivity (Wildman–Crippen MR) is 151 cm³/mol. The molecular formula is C30H62O2Si. The van der Waals surface area contributed by atoms with E-state index in [1.807, 2.05) is 0 Å². The molecule has 0 aromatic carbocycles. The fourth-order valence-corrected chi connectivity index (χ4v) is 6.66. The van der Waals surface area contributed by atoms with Gasteiger partial charge in [0.25, 0.3) is 5.97 Å². The Labute approximate surface area is 210 Å². The first kappa shape index (κ1) is 32.7. The number of carbonyl (C=O) groups is 1. The van der Waals surface area contributed by atoms with Gasteiger partial charge in [-0.2, -0.15) is 0 Å². The fraction of sp³-hybridized carbons (Fsp3) is 0.967. The molecule has 0 aliphatic rings. The van der Waals surface area contributed by atoms with Crippen LogP contribution >= 0.6 is 0 Å². The van der Waals surface area contributed by atoms with Crippen LogP contribution in [0.4, 0.5) is 0 Å². The quantitative estimate of drug-likeness (QED) is 0.0904. The molecular weight excluding hydrogens is 420 g/mol. The molecule has 0 aromatic rings. The highest BCUT2D eigenvalue weighted by atomic mass is 28.4. The van der Waals surface area contributed by atoms with E-state index in [1.54, 1.807) is 0 Å².